The highest BCUT2D eigenvalue weighted by molar-refractivity contribution is 7.16. The highest BCUT2D eigenvalue weighted by atomic mass is 35.5. The van der Waals surface area contributed by atoms with E-state index >= 15 is 0 Å². The lowest BCUT2D eigenvalue weighted by Gasteiger charge is -2.33. The second-order valence-corrected chi connectivity index (χ2v) is 8.29. The molecule has 0 saturated carbocycles. The van der Waals surface area contributed by atoms with Gasteiger partial charge in [0.05, 0.1) is 10.9 Å². The number of nitrogens with zero attached hydrogens (tertiary/aromatic N) is 6. The molecule has 26 heavy (non-hydrogen) atoms. The number of carbonyl (C=O) groups is 1. The molecule has 1 aliphatic heterocycles. The van der Waals surface area contributed by atoms with Crippen LogP contribution in [0.1, 0.15) is 17.7 Å². The molecule has 1 saturated heterocycles. The lowest BCUT2D eigenvalue weighted by atomic mass is 9.95. The first-order valence-electron chi connectivity index (χ1n) is 8.51. The van der Waals surface area contributed by atoms with Gasteiger partial charge in [0.2, 0.25) is 5.91 Å². The zero-order valence-corrected chi connectivity index (χ0v) is 15.9. The number of hydrogen-bond donors (Lipinski definition) is 0. The molecule has 0 bridgehead atoms. The van der Waals surface area contributed by atoms with Gasteiger partial charge in [0.1, 0.15) is 12.1 Å². The molecule has 7 nitrogen and oxygen atoms in total. The number of fused-ring (bicyclic) bond motifs is 1. The van der Waals surface area contributed by atoms with Gasteiger partial charge in [-0.3, -0.25) is 4.79 Å². The van der Waals surface area contributed by atoms with Gasteiger partial charge < -0.3 is 9.80 Å². The summed E-state index contributed by atoms with van der Waals surface area (Å²) in [6, 6.07) is 7.72. The number of piperidine rings is 1. The van der Waals surface area contributed by atoms with Crippen LogP contribution in [0.2, 0.25) is 4.34 Å². The fraction of sp³-hybridized carbons (Fsp3) is 0.412. The van der Waals surface area contributed by atoms with E-state index in [2.05, 4.69) is 20.2 Å². The number of halogens is 1. The van der Waals surface area contributed by atoms with Crippen molar-refractivity contribution in [3.8, 4) is 0 Å². The van der Waals surface area contributed by atoms with Crippen molar-refractivity contribution < 1.29 is 4.79 Å². The predicted octanol–water partition coefficient (Wildman–Crippen LogP) is 2.71. The normalized spacial score (nSPS) is 15.5. The molecule has 0 spiro atoms. The lowest BCUT2D eigenvalue weighted by molar-refractivity contribution is -0.135. The van der Waals surface area contributed by atoms with Crippen molar-refractivity contribution in [3.63, 3.8) is 0 Å². The summed E-state index contributed by atoms with van der Waals surface area (Å²) in [6.07, 6.45) is 3.26. The van der Waals surface area contributed by atoms with Crippen LogP contribution in [-0.2, 0) is 11.3 Å². The molecule has 0 unspecified atom stereocenters. The van der Waals surface area contributed by atoms with Crippen LogP contribution in [0.25, 0.3) is 5.65 Å². The van der Waals surface area contributed by atoms with E-state index in [0.717, 1.165) is 46.6 Å². The van der Waals surface area contributed by atoms with Crippen molar-refractivity contribution >= 4 is 40.3 Å². The Kier molecular flexibility index (Phi) is 4.78. The molecule has 1 aliphatic rings. The van der Waals surface area contributed by atoms with Crippen LogP contribution in [0.15, 0.2) is 30.6 Å². The summed E-state index contributed by atoms with van der Waals surface area (Å²) >= 11 is 7.49. The van der Waals surface area contributed by atoms with E-state index < -0.39 is 0 Å². The van der Waals surface area contributed by atoms with Crippen LogP contribution in [0, 0.1) is 5.92 Å². The SMILES string of the molecule is CN(Cc1ccc(Cl)s1)C(=O)C1CCN(c2ccc3nncn3n2)CC1. The Balaban J connectivity index is 1.35. The average molecular weight is 391 g/mol. The molecule has 4 rings (SSSR count). The summed E-state index contributed by atoms with van der Waals surface area (Å²) in [5, 5.41) is 12.4. The zero-order valence-electron chi connectivity index (χ0n) is 14.4. The number of amides is 1. The number of carbonyl (C=O) groups excluding carboxylic acids is 1. The molecule has 136 valence electrons. The molecule has 0 radical (unpaired) electrons. The summed E-state index contributed by atoms with van der Waals surface area (Å²) < 4.78 is 2.43. The fourth-order valence-electron chi connectivity index (χ4n) is 3.30. The Labute approximate surface area is 160 Å². The molecular formula is C17H19ClN6OS. The smallest absolute Gasteiger partial charge is 0.225 e. The van der Waals surface area contributed by atoms with Gasteiger partial charge in [-0.05, 0) is 37.1 Å². The lowest BCUT2D eigenvalue weighted by Crippen LogP contribution is -2.41. The quantitative estimate of drug-likeness (QED) is 0.685. The molecule has 0 aliphatic carbocycles. The third-order valence-electron chi connectivity index (χ3n) is 4.71. The number of anilines is 1. The van der Waals surface area contributed by atoms with E-state index in [1.54, 1.807) is 10.8 Å². The average Bonchev–Trinajstić information content (AvgIpc) is 3.29. The molecule has 0 N–H and O–H groups in total. The molecular weight excluding hydrogens is 372 g/mol. The maximum Gasteiger partial charge on any atom is 0.225 e. The summed E-state index contributed by atoms with van der Waals surface area (Å²) in [4.78, 5) is 17.9. The highest BCUT2D eigenvalue weighted by Crippen LogP contribution is 2.26. The summed E-state index contributed by atoms with van der Waals surface area (Å²) in [5.74, 6) is 1.16. The molecule has 0 atom stereocenters. The van der Waals surface area contributed by atoms with E-state index in [-0.39, 0.29) is 11.8 Å². The van der Waals surface area contributed by atoms with Crippen molar-refractivity contribution in [2.75, 3.05) is 25.0 Å². The van der Waals surface area contributed by atoms with Gasteiger partial charge in [-0.1, -0.05) is 11.6 Å². The number of hydrogen-bond acceptors (Lipinski definition) is 6. The molecule has 1 amide bonds. The first kappa shape index (κ1) is 17.2. The highest BCUT2D eigenvalue weighted by Gasteiger charge is 2.28. The monoisotopic (exact) mass is 390 g/mol. The van der Waals surface area contributed by atoms with Crippen molar-refractivity contribution in [1.82, 2.24) is 24.7 Å². The van der Waals surface area contributed by atoms with E-state index in [1.165, 1.54) is 11.3 Å². The molecule has 1 fully saturated rings. The Hall–Kier alpha value is -2.19. The van der Waals surface area contributed by atoms with E-state index in [4.69, 9.17) is 11.6 Å². The van der Waals surface area contributed by atoms with Crippen LogP contribution in [0.3, 0.4) is 0 Å². The van der Waals surface area contributed by atoms with Gasteiger partial charge in [-0.2, -0.15) is 4.52 Å². The second kappa shape index (κ2) is 7.20. The Morgan fingerprint density at radius 2 is 2.12 bits per heavy atom. The zero-order chi connectivity index (χ0) is 18.1. The van der Waals surface area contributed by atoms with Crippen molar-refractivity contribution in [2.24, 2.45) is 5.92 Å². The molecule has 0 aromatic carbocycles. The van der Waals surface area contributed by atoms with Gasteiger partial charge in [0.15, 0.2) is 5.65 Å². The molecule has 3 aromatic heterocycles. The minimum absolute atomic E-state index is 0.0605. The van der Waals surface area contributed by atoms with Crippen LogP contribution in [0.4, 0.5) is 5.82 Å². The van der Waals surface area contributed by atoms with Crippen LogP contribution in [-0.4, -0.2) is 50.8 Å². The number of aromatic nitrogens is 4. The molecule has 9 heteroatoms. The summed E-state index contributed by atoms with van der Waals surface area (Å²) in [5.41, 5.74) is 0.731. The van der Waals surface area contributed by atoms with E-state index in [9.17, 15) is 4.79 Å². The van der Waals surface area contributed by atoms with Crippen molar-refractivity contribution in [2.45, 2.75) is 19.4 Å². The first-order chi connectivity index (χ1) is 12.6. The minimum atomic E-state index is 0.0605. The topological polar surface area (TPSA) is 66.6 Å². The van der Waals surface area contributed by atoms with Gasteiger partial charge >= 0.3 is 0 Å². The minimum Gasteiger partial charge on any atom is -0.355 e. The van der Waals surface area contributed by atoms with Crippen LogP contribution in [0.5, 0.6) is 0 Å². The predicted molar refractivity (Wildman–Crippen MR) is 102 cm³/mol. The molecule has 4 heterocycles. The fourth-order valence-corrected chi connectivity index (χ4v) is 4.44. The van der Waals surface area contributed by atoms with Crippen molar-refractivity contribution in [1.29, 1.82) is 0 Å². The Morgan fingerprint density at radius 1 is 1.31 bits per heavy atom. The molecule has 3 aromatic rings. The van der Waals surface area contributed by atoms with Crippen LogP contribution < -0.4 is 4.90 Å². The maximum atomic E-state index is 12.7. The van der Waals surface area contributed by atoms with E-state index in [0.29, 0.717) is 6.54 Å². The Bertz CT molecular complexity index is 917. The largest absolute Gasteiger partial charge is 0.355 e. The number of rotatable bonds is 4. The Morgan fingerprint density at radius 3 is 2.85 bits per heavy atom. The van der Waals surface area contributed by atoms with E-state index in [1.807, 2.05) is 36.2 Å². The van der Waals surface area contributed by atoms with Crippen LogP contribution >= 0.6 is 22.9 Å². The third-order valence-corrected chi connectivity index (χ3v) is 5.93. The second-order valence-electron chi connectivity index (χ2n) is 6.49. The number of thiophene rings is 1. The van der Waals surface area contributed by atoms with Crippen molar-refractivity contribution in [3.05, 3.63) is 39.8 Å². The van der Waals surface area contributed by atoms with Gasteiger partial charge in [-0.25, -0.2) is 0 Å². The standard InChI is InChI=1S/C17H19ClN6OS/c1-22(10-13-2-3-14(18)26-13)17(25)12-6-8-23(9-7-12)16-5-4-15-20-19-11-24(15)21-16/h2-5,11-12H,6-10H2,1H3. The first-order valence-corrected chi connectivity index (χ1v) is 9.71. The van der Waals surface area contributed by atoms with Gasteiger partial charge in [0, 0.05) is 30.9 Å². The maximum absolute atomic E-state index is 12.7. The summed E-state index contributed by atoms with van der Waals surface area (Å²) in [6.45, 7) is 2.24. The van der Waals surface area contributed by atoms with Gasteiger partial charge in [0.25, 0.3) is 0 Å². The van der Waals surface area contributed by atoms with Gasteiger partial charge in [-0.15, -0.1) is 26.6 Å². The third kappa shape index (κ3) is 3.52. The summed E-state index contributed by atoms with van der Waals surface area (Å²) in [7, 11) is 1.86.